The predicted molar refractivity (Wildman–Crippen MR) is 164 cm³/mol. The maximum atomic E-state index is 5.35. The molecule has 2 heterocycles. The van der Waals surface area contributed by atoms with Gasteiger partial charge in [-0.2, -0.15) is 0 Å². The molecule has 4 heteroatoms. The van der Waals surface area contributed by atoms with Crippen LogP contribution < -0.4 is 0 Å². The fourth-order valence-electron chi connectivity index (χ4n) is 5.61. The van der Waals surface area contributed by atoms with Gasteiger partial charge in [0.05, 0.1) is 16.7 Å². The van der Waals surface area contributed by atoms with Crippen molar-refractivity contribution in [2.24, 2.45) is 9.98 Å². The van der Waals surface area contributed by atoms with E-state index in [2.05, 4.69) is 136 Å². The average Bonchev–Trinajstić information content (AvgIpc) is 3.57. The summed E-state index contributed by atoms with van der Waals surface area (Å²) in [6.45, 7) is 4.42. The van der Waals surface area contributed by atoms with Crippen LogP contribution in [0.3, 0.4) is 0 Å². The molecule has 0 aliphatic carbocycles. The molecule has 0 aliphatic heterocycles. The van der Waals surface area contributed by atoms with E-state index in [0.717, 1.165) is 33.7 Å². The zero-order chi connectivity index (χ0) is 26.2. The van der Waals surface area contributed by atoms with Crippen LogP contribution in [0.25, 0.3) is 38.3 Å². The van der Waals surface area contributed by atoms with E-state index in [1.807, 2.05) is 18.2 Å². The number of para-hydroxylation sites is 3. The summed E-state index contributed by atoms with van der Waals surface area (Å²) in [6, 6.07) is 44.3. The number of benzene rings is 5. The monoisotopic (exact) mass is 502 g/mol. The minimum absolute atomic E-state index is 0.472. The lowest BCUT2D eigenvalue weighted by Crippen LogP contribution is -2.07. The largest absolute Gasteiger partial charge is 0.320 e. The molecule has 186 valence electrons. The highest BCUT2D eigenvalue weighted by Crippen LogP contribution is 2.32. The molecule has 39 heavy (non-hydrogen) atoms. The van der Waals surface area contributed by atoms with Crippen molar-refractivity contribution < 1.29 is 0 Å². The summed E-state index contributed by atoms with van der Waals surface area (Å²) in [7, 11) is 0. The fraction of sp³-hybridized carbons (Fsp3) is 0.0286. The van der Waals surface area contributed by atoms with Crippen molar-refractivity contribution in [3.63, 3.8) is 0 Å². The first-order chi connectivity index (χ1) is 19.3. The highest BCUT2D eigenvalue weighted by Gasteiger charge is 2.19. The molecule has 0 unspecified atom stereocenters. The molecule has 0 amide bonds. The van der Waals surface area contributed by atoms with Crippen molar-refractivity contribution in [1.82, 2.24) is 9.13 Å². The normalized spacial score (nSPS) is 11.9. The molecule has 4 nitrogen and oxygen atoms in total. The SMILES string of the molecule is C=Nc1c(/C(=N\Cn2c3ccccc3c3ccccc32)c2cccc3ccccc23)ccn1-c1ccccc1. The van der Waals surface area contributed by atoms with Crippen LogP contribution in [0, 0.1) is 0 Å². The van der Waals surface area contributed by atoms with Crippen LogP contribution in [0.1, 0.15) is 11.1 Å². The average molecular weight is 503 g/mol. The molecule has 0 spiro atoms. The van der Waals surface area contributed by atoms with Crippen LogP contribution >= 0.6 is 0 Å². The lowest BCUT2D eigenvalue weighted by Gasteiger charge is -2.13. The van der Waals surface area contributed by atoms with Crippen molar-refractivity contribution >= 4 is 50.8 Å². The Labute approximate surface area is 226 Å². The zero-order valence-corrected chi connectivity index (χ0v) is 21.4. The first-order valence-electron chi connectivity index (χ1n) is 13.1. The molecule has 7 rings (SSSR count). The maximum absolute atomic E-state index is 5.35. The summed E-state index contributed by atoms with van der Waals surface area (Å²) < 4.78 is 4.37. The molecule has 0 atom stereocenters. The molecular weight excluding hydrogens is 476 g/mol. The van der Waals surface area contributed by atoms with Gasteiger partial charge in [0.1, 0.15) is 12.5 Å². The number of hydrogen-bond donors (Lipinski definition) is 0. The highest BCUT2D eigenvalue weighted by molar-refractivity contribution is 6.21. The fourth-order valence-corrected chi connectivity index (χ4v) is 5.61. The number of aliphatic imine (C=N–C) groups is 2. The molecule has 0 fully saturated rings. The maximum Gasteiger partial charge on any atom is 0.145 e. The molecule has 0 saturated heterocycles. The molecule has 0 saturated carbocycles. The van der Waals surface area contributed by atoms with Crippen molar-refractivity contribution in [2.45, 2.75) is 6.67 Å². The van der Waals surface area contributed by atoms with E-state index >= 15 is 0 Å². The van der Waals surface area contributed by atoms with Crippen molar-refractivity contribution in [3.05, 3.63) is 145 Å². The Balaban J connectivity index is 1.47. The van der Waals surface area contributed by atoms with Crippen LogP contribution in [0.2, 0.25) is 0 Å². The Morgan fingerprint density at radius 3 is 1.92 bits per heavy atom. The Hall–Kier alpha value is -5.22. The lowest BCUT2D eigenvalue weighted by molar-refractivity contribution is 0.793. The summed E-state index contributed by atoms with van der Waals surface area (Å²) in [5.74, 6) is 0.773. The van der Waals surface area contributed by atoms with E-state index in [1.54, 1.807) is 0 Å². The van der Waals surface area contributed by atoms with Gasteiger partial charge in [0.15, 0.2) is 0 Å². The summed E-state index contributed by atoms with van der Waals surface area (Å²) in [5, 5.41) is 4.80. The second-order valence-corrected chi connectivity index (χ2v) is 9.55. The minimum atomic E-state index is 0.472. The minimum Gasteiger partial charge on any atom is -0.320 e. The topological polar surface area (TPSA) is 34.6 Å². The van der Waals surface area contributed by atoms with Crippen LogP contribution in [0.4, 0.5) is 5.82 Å². The van der Waals surface area contributed by atoms with E-state index in [0.29, 0.717) is 6.67 Å². The molecule has 7 aromatic rings. The van der Waals surface area contributed by atoms with E-state index in [1.165, 1.54) is 27.2 Å². The highest BCUT2D eigenvalue weighted by atomic mass is 15.1. The number of hydrogen-bond acceptors (Lipinski definition) is 2. The Bertz CT molecular complexity index is 1950. The van der Waals surface area contributed by atoms with E-state index in [4.69, 9.17) is 4.99 Å². The van der Waals surface area contributed by atoms with Gasteiger partial charge in [0.25, 0.3) is 0 Å². The van der Waals surface area contributed by atoms with Crippen molar-refractivity contribution in [2.75, 3.05) is 0 Å². The van der Waals surface area contributed by atoms with Crippen LogP contribution in [-0.2, 0) is 6.67 Å². The summed E-state index contributed by atoms with van der Waals surface area (Å²) in [6.07, 6.45) is 2.05. The van der Waals surface area contributed by atoms with Gasteiger partial charge >= 0.3 is 0 Å². The van der Waals surface area contributed by atoms with E-state index < -0.39 is 0 Å². The second-order valence-electron chi connectivity index (χ2n) is 9.55. The number of aromatic nitrogens is 2. The van der Waals surface area contributed by atoms with Gasteiger partial charge in [0, 0.05) is 33.8 Å². The number of rotatable bonds is 6. The molecule has 2 aromatic heterocycles. The molecule has 0 aliphatic rings. The van der Waals surface area contributed by atoms with Crippen molar-refractivity contribution in [3.8, 4) is 5.69 Å². The van der Waals surface area contributed by atoms with Gasteiger partial charge in [-0.3, -0.25) is 4.99 Å². The van der Waals surface area contributed by atoms with Gasteiger partial charge in [-0.25, -0.2) is 4.99 Å². The predicted octanol–water partition coefficient (Wildman–Crippen LogP) is 8.57. The van der Waals surface area contributed by atoms with Gasteiger partial charge in [-0.05, 0) is 47.8 Å². The summed E-state index contributed by atoms with van der Waals surface area (Å²) >= 11 is 0. The Morgan fingerprint density at radius 1 is 0.590 bits per heavy atom. The third kappa shape index (κ3) is 3.85. The van der Waals surface area contributed by atoms with E-state index in [9.17, 15) is 0 Å². The van der Waals surface area contributed by atoms with Crippen LogP contribution in [0.5, 0.6) is 0 Å². The van der Waals surface area contributed by atoms with Gasteiger partial charge in [-0.1, -0.05) is 97.1 Å². The third-order valence-corrected chi connectivity index (χ3v) is 7.39. The van der Waals surface area contributed by atoms with Crippen LogP contribution in [-0.4, -0.2) is 21.6 Å². The van der Waals surface area contributed by atoms with Crippen LogP contribution in [0.15, 0.2) is 144 Å². The van der Waals surface area contributed by atoms with Gasteiger partial charge in [-0.15, -0.1) is 0 Å². The summed E-state index contributed by atoms with van der Waals surface area (Å²) in [4.78, 5) is 9.85. The first-order valence-corrected chi connectivity index (χ1v) is 13.1. The first kappa shape index (κ1) is 22.9. The molecule has 0 N–H and O–H groups in total. The van der Waals surface area contributed by atoms with Crippen molar-refractivity contribution in [1.29, 1.82) is 0 Å². The zero-order valence-electron chi connectivity index (χ0n) is 21.4. The van der Waals surface area contributed by atoms with E-state index in [-0.39, 0.29) is 0 Å². The molecule has 0 radical (unpaired) electrons. The number of fused-ring (bicyclic) bond motifs is 4. The Kier molecular flexibility index (Phi) is 5.64. The second kappa shape index (κ2) is 9.58. The molecular formula is C35H26N4. The van der Waals surface area contributed by atoms with Gasteiger partial charge < -0.3 is 9.13 Å². The standard InChI is InChI=1S/C35H26N4/c1-36-35-31(22-23-38(35)26-14-3-2-4-15-26)34(30-19-11-13-25-12-5-6-16-27(25)30)37-24-39-32-20-9-7-17-28(32)29-18-8-10-21-33(29)39/h2-23H,1,24H2/b37-34-. The Morgan fingerprint density at radius 2 is 1.21 bits per heavy atom. The lowest BCUT2D eigenvalue weighted by atomic mass is 9.97. The summed E-state index contributed by atoms with van der Waals surface area (Å²) in [5.41, 5.74) is 6.29. The third-order valence-electron chi connectivity index (χ3n) is 7.39. The molecule has 5 aromatic carbocycles. The quantitative estimate of drug-likeness (QED) is 0.204. The smallest absolute Gasteiger partial charge is 0.145 e. The number of nitrogens with zero attached hydrogens (tertiary/aromatic N) is 4. The molecule has 0 bridgehead atoms. The van der Waals surface area contributed by atoms with Gasteiger partial charge in [0.2, 0.25) is 0 Å².